The maximum Gasteiger partial charge on any atom is 0.243 e. The van der Waals surface area contributed by atoms with Gasteiger partial charge in [0.2, 0.25) is 10.0 Å². The number of benzene rings is 2. The lowest BCUT2D eigenvalue weighted by Gasteiger charge is -2.38. The van der Waals surface area contributed by atoms with Crippen molar-refractivity contribution >= 4 is 15.7 Å². The van der Waals surface area contributed by atoms with E-state index in [0.29, 0.717) is 43.0 Å². The van der Waals surface area contributed by atoms with E-state index in [2.05, 4.69) is 43.4 Å². The SMILES string of the molecule is Cc1cc(C)c2c(c1)N[C@H](c1ccc(S(=O)(=O)N3CCOCC3)cc1)[C@H]1CC=C[C@H]21. The molecular formula is C24H28N2O3S. The van der Waals surface area contributed by atoms with Crippen molar-refractivity contribution in [3.05, 3.63) is 70.8 Å². The van der Waals surface area contributed by atoms with Crippen LogP contribution in [0.1, 0.15) is 40.6 Å². The van der Waals surface area contributed by atoms with Crippen molar-refractivity contribution in [2.45, 2.75) is 37.1 Å². The first-order valence-electron chi connectivity index (χ1n) is 10.7. The van der Waals surface area contributed by atoms with E-state index in [0.717, 1.165) is 12.0 Å². The van der Waals surface area contributed by atoms with Crippen LogP contribution in [0.3, 0.4) is 0 Å². The normalized spacial score (nSPS) is 26.1. The Balaban J connectivity index is 1.46. The lowest BCUT2D eigenvalue weighted by atomic mass is 9.75. The van der Waals surface area contributed by atoms with E-state index in [1.807, 2.05) is 12.1 Å². The smallest absolute Gasteiger partial charge is 0.243 e. The van der Waals surface area contributed by atoms with Gasteiger partial charge in [0.1, 0.15) is 0 Å². The Hall–Kier alpha value is -2.15. The zero-order valence-electron chi connectivity index (χ0n) is 17.5. The highest BCUT2D eigenvalue weighted by atomic mass is 32.2. The molecule has 158 valence electrons. The minimum atomic E-state index is -3.47. The summed E-state index contributed by atoms with van der Waals surface area (Å²) < 4.78 is 32.7. The molecule has 30 heavy (non-hydrogen) atoms. The molecule has 1 saturated heterocycles. The van der Waals surface area contributed by atoms with Gasteiger partial charge in [-0.1, -0.05) is 30.4 Å². The van der Waals surface area contributed by atoms with Crippen LogP contribution in [0.15, 0.2) is 53.4 Å². The van der Waals surface area contributed by atoms with Crippen LogP contribution in [0.4, 0.5) is 5.69 Å². The molecule has 1 fully saturated rings. The fourth-order valence-corrected chi connectivity index (χ4v) is 6.66. The highest BCUT2D eigenvalue weighted by molar-refractivity contribution is 7.89. The summed E-state index contributed by atoms with van der Waals surface area (Å²) in [6.07, 6.45) is 5.66. The molecule has 1 N–H and O–H groups in total. The molecule has 3 aliphatic rings. The van der Waals surface area contributed by atoms with E-state index in [1.165, 1.54) is 26.7 Å². The summed E-state index contributed by atoms with van der Waals surface area (Å²) in [5.74, 6) is 0.851. The van der Waals surface area contributed by atoms with Crippen LogP contribution in [0, 0.1) is 19.8 Å². The monoisotopic (exact) mass is 424 g/mol. The molecule has 0 amide bonds. The van der Waals surface area contributed by atoms with E-state index in [-0.39, 0.29) is 6.04 Å². The number of fused-ring (bicyclic) bond motifs is 3. The molecule has 0 unspecified atom stereocenters. The number of ether oxygens (including phenoxy) is 1. The van der Waals surface area contributed by atoms with Gasteiger partial charge in [-0.25, -0.2) is 8.42 Å². The summed E-state index contributed by atoms with van der Waals surface area (Å²) in [5.41, 5.74) is 6.34. The van der Waals surface area contributed by atoms with E-state index >= 15 is 0 Å². The summed E-state index contributed by atoms with van der Waals surface area (Å²) in [6.45, 7) is 6.07. The number of aryl methyl sites for hydroxylation is 2. The van der Waals surface area contributed by atoms with Crippen molar-refractivity contribution in [3.8, 4) is 0 Å². The quantitative estimate of drug-likeness (QED) is 0.752. The minimum absolute atomic E-state index is 0.166. The van der Waals surface area contributed by atoms with Gasteiger partial charge in [0, 0.05) is 24.7 Å². The Labute approximate surface area is 178 Å². The van der Waals surface area contributed by atoms with Gasteiger partial charge in [-0.05, 0) is 66.6 Å². The predicted octanol–water partition coefficient (Wildman–Crippen LogP) is 4.15. The average Bonchev–Trinajstić information content (AvgIpc) is 3.23. The highest BCUT2D eigenvalue weighted by Crippen LogP contribution is 2.51. The van der Waals surface area contributed by atoms with Crippen LogP contribution >= 0.6 is 0 Å². The van der Waals surface area contributed by atoms with Crippen molar-refractivity contribution in [2.75, 3.05) is 31.6 Å². The van der Waals surface area contributed by atoms with Crippen molar-refractivity contribution in [2.24, 2.45) is 5.92 Å². The van der Waals surface area contributed by atoms with Crippen LogP contribution in [-0.4, -0.2) is 39.0 Å². The Bertz CT molecular complexity index is 1090. The van der Waals surface area contributed by atoms with Crippen LogP contribution < -0.4 is 5.32 Å². The molecule has 2 aromatic rings. The molecule has 0 aromatic heterocycles. The number of nitrogens with one attached hydrogen (secondary N) is 1. The van der Waals surface area contributed by atoms with Crippen molar-refractivity contribution < 1.29 is 13.2 Å². The number of sulfonamides is 1. The zero-order valence-corrected chi connectivity index (χ0v) is 18.3. The molecule has 5 rings (SSSR count). The molecule has 1 aliphatic carbocycles. The molecule has 6 heteroatoms. The Morgan fingerprint density at radius 3 is 2.53 bits per heavy atom. The van der Waals surface area contributed by atoms with Gasteiger partial charge in [0.05, 0.1) is 24.2 Å². The highest BCUT2D eigenvalue weighted by Gasteiger charge is 2.39. The number of hydrogen-bond acceptors (Lipinski definition) is 4. The number of rotatable bonds is 3. The maximum atomic E-state index is 12.9. The molecule has 3 atom stereocenters. The van der Waals surface area contributed by atoms with Gasteiger partial charge in [0.15, 0.2) is 0 Å². The van der Waals surface area contributed by atoms with Crippen molar-refractivity contribution in [1.82, 2.24) is 4.31 Å². The second-order valence-corrected chi connectivity index (χ2v) is 10.5. The summed E-state index contributed by atoms with van der Waals surface area (Å²) in [6, 6.07) is 12.1. The Kier molecular flexibility index (Phi) is 4.96. The van der Waals surface area contributed by atoms with Crippen molar-refractivity contribution in [3.63, 3.8) is 0 Å². The lowest BCUT2D eigenvalue weighted by Crippen LogP contribution is -2.40. The first-order valence-corrected chi connectivity index (χ1v) is 12.1. The first-order chi connectivity index (χ1) is 14.4. The summed E-state index contributed by atoms with van der Waals surface area (Å²) in [7, 11) is -3.47. The second-order valence-electron chi connectivity index (χ2n) is 8.60. The molecule has 2 aliphatic heterocycles. The van der Waals surface area contributed by atoms with Crippen molar-refractivity contribution in [1.29, 1.82) is 0 Å². The van der Waals surface area contributed by atoms with E-state index in [9.17, 15) is 8.42 Å². The molecule has 0 saturated carbocycles. The van der Waals surface area contributed by atoms with Gasteiger partial charge >= 0.3 is 0 Å². The van der Waals surface area contributed by atoms with Gasteiger partial charge in [0.25, 0.3) is 0 Å². The maximum absolute atomic E-state index is 12.9. The van der Waals surface area contributed by atoms with Gasteiger partial charge in [-0.3, -0.25) is 0 Å². The average molecular weight is 425 g/mol. The van der Waals surface area contributed by atoms with Crippen LogP contribution in [0.25, 0.3) is 0 Å². The molecule has 0 radical (unpaired) electrons. The first kappa shape index (κ1) is 19.8. The largest absolute Gasteiger partial charge is 0.379 e. The van der Waals surface area contributed by atoms with Gasteiger partial charge < -0.3 is 10.1 Å². The number of hydrogen-bond donors (Lipinski definition) is 1. The van der Waals surface area contributed by atoms with Crippen LogP contribution in [0.5, 0.6) is 0 Å². The summed E-state index contributed by atoms with van der Waals surface area (Å²) in [5, 5.41) is 3.77. The summed E-state index contributed by atoms with van der Waals surface area (Å²) >= 11 is 0. The molecular weight excluding hydrogens is 396 g/mol. The number of allylic oxidation sites excluding steroid dienone is 2. The Morgan fingerprint density at radius 2 is 1.80 bits per heavy atom. The Morgan fingerprint density at radius 1 is 1.07 bits per heavy atom. The molecule has 5 nitrogen and oxygen atoms in total. The van der Waals surface area contributed by atoms with Gasteiger partial charge in [-0.2, -0.15) is 4.31 Å². The number of morpholine rings is 1. The third-order valence-corrected chi connectivity index (χ3v) is 8.58. The van der Waals surface area contributed by atoms with E-state index in [4.69, 9.17) is 4.74 Å². The minimum Gasteiger partial charge on any atom is -0.379 e. The van der Waals surface area contributed by atoms with Gasteiger partial charge in [-0.15, -0.1) is 0 Å². The topological polar surface area (TPSA) is 58.6 Å². The standard InChI is InChI=1S/C24H28N2O3S/c1-16-14-17(2)23-20-4-3-5-21(20)24(25-22(23)15-16)18-6-8-19(9-7-18)30(27,28)26-10-12-29-13-11-26/h3-4,6-9,14-15,20-21,24-25H,5,10-13H2,1-2H3/t20-,21-,24+/m0/s1. The number of nitrogens with zero attached hydrogens (tertiary/aromatic N) is 1. The third kappa shape index (κ3) is 3.27. The predicted molar refractivity (Wildman–Crippen MR) is 118 cm³/mol. The van der Waals surface area contributed by atoms with Crippen LogP contribution in [-0.2, 0) is 14.8 Å². The molecule has 0 bridgehead atoms. The van der Waals surface area contributed by atoms with Crippen LogP contribution in [0.2, 0.25) is 0 Å². The number of anilines is 1. The lowest BCUT2D eigenvalue weighted by molar-refractivity contribution is 0.0730. The fraction of sp³-hybridized carbons (Fsp3) is 0.417. The van der Waals surface area contributed by atoms with E-state index in [1.54, 1.807) is 12.1 Å². The third-order valence-electron chi connectivity index (χ3n) is 6.66. The summed E-state index contributed by atoms with van der Waals surface area (Å²) in [4.78, 5) is 0.358. The molecule has 0 spiro atoms. The fourth-order valence-electron chi connectivity index (χ4n) is 5.25. The molecule has 2 aromatic carbocycles. The molecule has 2 heterocycles. The zero-order chi connectivity index (χ0) is 20.9. The second kappa shape index (κ2) is 7.52. The van der Waals surface area contributed by atoms with E-state index < -0.39 is 10.0 Å².